The zero-order valence-corrected chi connectivity index (χ0v) is 11.7. The van der Waals surface area contributed by atoms with Crippen molar-refractivity contribution >= 4 is 23.9 Å². The van der Waals surface area contributed by atoms with Crippen molar-refractivity contribution in [1.82, 2.24) is 4.98 Å². The molecule has 2 atom stereocenters. The molecule has 2 aromatic rings. The van der Waals surface area contributed by atoms with Crippen molar-refractivity contribution in [3.8, 4) is 0 Å². The molecule has 1 aliphatic carbocycles. The van der Waals surface area contributed by atoms with Crippen LogP contribution in [0.5, 0.6) is 0 Å². The van der Waals surface area contributed by atoms with Crippen LogP contribution in [0, 0.1) is 6.92 Å². The van der Waals surface area contributed by atoms with Crippen LogP contribution in [-0.4, -0.2) is 11.0 Å². The van der Waals surface area contributed by atoms with Gasteiger partial charge in [-0.3, -0.25) is 0 Å². The molecule has 3 rings (SSSR count). The fraction of sp³-hybridized carbons (Fsp3) is 0.267. The standard InChI is InChI=1S/C15H17N3.ClH/c1-10-3-2-4-12(7-10)18-15-6-5-11(9-17-15)13-8-14(13)16;/h2-7,9,13-14H,8,16H2,1H3,(H,17,18);1H/t13-,14+;/m1./s1. The van der Waals surface area contributed by atoms with Crippen molar-refractivity contribution in [3.05, 3.63) is 53.7 Å². The lowest BCUT2D eigenvalue weighted by Crippen LogP contribution is -2.01. The Balaban J connectivity index is 0.00000133. The van der Waals surface area contributed by atoms with Crippen LogP contribution in [0.4, 0.5) is 11.5 Å². The van der Waals surface area contributed by atoms with Gasteiger partial charge < -0.3 is 11.1 Å². The molecule has 100 valence electrons. The van der Waals surface area contributed by atoms with Gasteiger partial charge >= 0.3 is 0 Å². The second kappa shape index (κ2) is 5.59. The first kappa shape index (κ1) is 13.8. The molecule has 3 nitrogen and oxygen atoms in total. The van der Waals surface area contributed by atoms with Crippen LogP contribution in [-0.2, 0) is 0 Å². The van der Waals surface area contributed by atoms with Gasteiger partial charge in [0.25, 0.3) is 0 Å². The molecular weight excluding hydrogens is 258 g/mol. The topological polar surface area (TPSA) is 50.9 Å². The number of pyridine rings is 1. The smallest absolute Gasteiger partial charge is 0.130 e. The highest BCUT2D eigenvalue weighted by Crippen LogP contribution is 2.38. The maximum absolute atomic E-state index is 5.83. The number of nitrogens with two attached hydrogens (primary N) is 1. The molecular formula is C15H18ClN3. The number of nitrogens with one attached hydrogen (secondary N) is 1. The number of anilines is 2. The highest BCUT2D eigenvalue weighted by atomic mass is 35.5. The lowest BCUT2D eigenvalue weighted by molar-refractivity contribution is 0.981. The minimum atomic E-state index is 0. The van der Waals surface area contributed by atoms with Gasteiger partial charge in [-0.1, -0.05) is 18.2 Å². The molecule has 1 aliphatic rings. The number of hydrogen-bond donors (Lipinski definition) is 2. The van der Waals surface area contributed by atoms with Crippen LogP contribution in [0.3, 0.4) is 0 Å². The number of benzene rings is 1. The molecule has 1 saturated carbocycles. The summed E-state index contributed by atoms with van der Waals surface area (Å²) in [4.78, 5) is 4.43. The number of aromatic nitrogens is 1. The van der Waals surface area contributed by atoms with Gasteiger partial charge in [0.1, 0.15) is 5.82 Å². The normalized spacial score (nSPS) is 20.5. The van der Waals surface area contributed by atoms with Crippen LogP contribution in [0.2, 0.25) is 0 Å². The van der Waals surface area contributed by atoms with E-state index in [1.54, 1.807) is 0 Å². The van der Waals surface area contributed by atoms with Crippen LogP contribution in [0.15, 0.2) is 42.6 Å². The minimum absolute atomic E-state index is 0. The maximum atomic E-state index is 5.83. The maximum Gasteiger partial charge on any atom is 0.130 e. The molecule has 3 N–H and O–H groups in total. The molecule has 1 fully saturated rings. The summed E-state index contributed by atoms with van der Waals surface area (Å²) in [6.45, 7) is 2.08. The van der Waals surface area contributed by atoms with Crippen LogP contribution < -0.4 is 11.1 Å². The van der Waals surface area contributed by atoms with Crippen molar-refractivity contribution < 1.29 is 0 Å². The Kier molecular flexibility index (Phi) is 4.08. The average Bonchev–Trinajstić information content (AvgIpc) is 3.07. The predicted molar refractivity (Wildman–Crippen MR) is 81.3 cm³/mol. The van der Waals surface area contributed by atoms with Gasteiger partial charge in [0, 0.05) is 23.8 Å². The van der Waals surface area contributed by atoms with Gasteiger partial charge in [0.2, 0.25) is 0 Å². The van der Waals surface area contributed by atoms with E-state index in [0.717, 1.165) is 17.9 Å². The molecule has 0 radical (unpaired) electrons. The fourth-order valence-electron chi connectivity index (χ4n) is 2.17. The third kappa shape index (κ3) is 3.25. The van der Waals surface area contributed by atoms with E-state index in [2.05, 4.69) is 35.4 Å². The van der Waals surface area contributed by atoms with E-state index in [1.807, 2.05) is 24.4 Å². The second-order valence-corrected chi connectivity index (χ2v) is 4.98. The quantitative estimate of drug-likeness (QED) is 0.903. The van der Waals surface area contributed by atoms with Crippen LogP contribution >= 0.6 is 12.4 Å². The first-order valence-electron chi connectivity index (χ1n) is 6.27. The second-order valence-electron chi connectivity index (χ2n) is 4.98. The fourth-order valence-corrected chi connectivity index (χ4v) is 2.17. The summed E-state index contributed by atoms with van der Waals surface area (Å²) in [6.07, 6.45) is 3.02. The lowest BCUT2D eigenvalue weighted by Gasteiger charge is -2.07. The molecule has 0 unspecified atom stereocenters. The van der Waals surface area contributed by atoms with Gasteiger partial charge in [-0.25, -0.2) is 4.98 Å². The molecule has 19 heavy (non-hydrogen) atoms. The molecule has 0 bridgehead atoms. The first-order valence-corrected chi connectivity index (χ1v) is 6.27. The van der Waals surface area contributed by atoms with Crippen molar-refractivity contribution in [2.24, 2.45) is 5.73 Å². The van der Waals surface area contributed by atoms with E-state index in [-0.39, 0.29) is 12.4 Å². The zero-order chi connectivity index (χ0) is 12.5. The molecule has 1 aromatic carbocycles. The zero-order valence-electron chi connectivity index (χ0n) is 10.8. The van der Waals surface area contributed by atoms with E-state index in [0.29, 0.717) is 12.0 Å². The Labute approximate surface area is 119 Å². The van der Waals surface area contributed by atoms with Gasteiger partial charge in [-0.2, -0.15) is 0 Å². The van der Waals surface area contributed by atoms with Crippen molar-refractivity contribution in [3.63, 3.8) is 0 Å². The van der Waals surface area contributed by atoms with E-state index >= 15 is 0 Å². The summed E-state index contributed by atoms with van der Waals surface area (Å²) in [6, 6.07) is 12.7. The molecule has 0 saturated heterocycles. The Morgan fingerprint density at radius 3 is 2.63 bits per heavy atom. The van der Waals surface area contributed by atoms with E-state index < -0.39 is 0 Å². The van der Waals surface area contributed by atoms with Crippen molar-refractivity contribution in [1.29, 1.82) is 0 Å². The Morgan fingerprint density at radius 2 is 2.05 bits per heavy atom. The van der Waals surface area contributed by atoms with E-state index in [9.17, 15) is 0 Å². The molecule has 0 aliphatic heterocycles. The van der Waals surface area contributed by atoms with E-state index in [1.165, 1.54) is 11.1 Å². The Hall–Kier alpha value is -1.58. The third-order valence-corrected chi connectivity index (χ3v) is 3.34. The highest BCUT2D eigenvalue weighted by molar-refractivity contribution is 5.85. The third-order valence-electron chi connectivity index (χ3n) is 3.34. The molecule has 4 heteroatoms. The number of rotatable bonds is 3. The SMILES string of the molecule is Cc1cccc(Nc2ccc([C@H]3C[C@@H]3N)cn2)c1.Cl. The summed E-state index contributed by atoms with van der Waals surface area (Å²) in [5.74, 6) is 1.39. The van der Waals surface area contributed by atoms with Crippen molar-refractivity contribution in [2.75, 3.05) is 5.32 Å². The molecule has 0 amide bonds. The predicted octanol–water partition coefficient (Wildman–Crippen LogP) is 3.37. The average molecular weight is 276 g/mol. The van der Waals surface area contributed by atoms with E-state index in [4.69, 9.17) is 5.73 Å². The largest absolute Gasteiger partial charge is 0.340 e. The van der Waals surface area contributed by atoms with Crippen LogP contribution in [0.1, 0.15) is 23.5 Å². The molecule has 0 spiro atoms. The minimum Gasteiger partial charge on any atom is -0.340 e. The van der Waals surface area contributed by atoms with Gasteiger partial charge in [-0.05, 0) is 42.7 Å². The Morgan fingerprint density at radius 1 is 1.26 bits per heavy atom. The summed E-state index contributed by atoms with van der Waals surface area (Å²) < 4.78 is 0. The number of hydrogen-bond acceptors (Lipinski definition) is 3. The summed E-state index contributed by atoms with van der Waals surface area (Å²) in [7, 11) is 0. The number of halogens is 1. The molecule has 1 aromatic heterocycles. The molecule has 1 heterocycles. The Bertz CT molecular complexity index is 554. The first-order chi connectivity index (χ1) is 8.72. The monoisotopic (exact) mass is 275 g/mol. The number of nitrogens with zero attached hydrogens (tertiary/aromatic N) is 1. The van der Waals surface area contributed by atoms with Gasteiger partial charge in [0.15, 0.2) is 0 Å². The summed E-state index contributed by atoms with van der Waals surface area (Å²) in [5, 5.41) is 3.30. The number of aryl methyl sites for hydroxylation is 1. The highest BCUT2D eigenvalue weighted by Gasteiger charge is 2.34. The summed E-state index contributed by atoms with van der Waals surface area (Å²) >= 11 is 0. The van der Waals surface area contributed by atoms with Crippen molar-refractivity contribution in [2.45, 2.75) is 25.3 Å². The van der Waals surface area contributed by atoms with Gasteiger partial charge in [-0.15, -0.1) is 12.4 Å². The lowest BCUT2D eigenvalue weighted by atomic mass is 10.2. The van der Waals surface area contributed by atoms with Crippen LogP contribution in [0.25, 0.3) is 0 Å². The van der Waals surface area contributed by atoms with Gasteiger partial charge in [0.05, 0.1) is 0 Å². The summed E-state index contributed by atoms with van der Waals surface area (Å²) in [5.41, 5.74) is 9.39.